The van der Waals surface area contributed by atoms with Crippen LogP contribution in [-0.2, 0) is 6.42 Å². The molecule has 4 rings (SSSR count). The molecule has 2 nitrogen and oxygen atoms in total. The van der Waals surface area contributed by atoms with E-state index >= 15 is 0 Å². The number of nitrogens with zero attached hydrogens (tertiary/aromatic N) is 2. The summed E-state index contributed by atoms with van der Waals surface area (Å²) in [4.78, 5) is 0. The molecule has 4 aromatic carbocycles. The van der Waals surface area contributed by atoms with Crippen LogP contribution in [-0.4, -0.2) is 0 Å². The third-order valence-electron chi connectivity index (χ3n) is 5.50. The summed E-state index contributed by atoms with van der Waals surface area (Å²) in [7, 11) is 0. The van der Waals surface area contributed by atoms with Crippen molar-refractivity contribution in [3.05, 3.63) is 99.3 Å². The molecule has 0 aliphatic carbocycles. The lowest BCUT2D eigenvalue weighted by atomic mass is 9.98. The first-order chi connectivity index (χ1) is 17.5. The van der Waals surface area contributed by atoms with E-state index in [2.05, 4.69) is 241 Å². The van der Waals surface area contributed by atoms with Gasteiger partial charge in [-0.1, -0.05) is 0 Å². The molecule has 0 saturated carbocycles. The van der Waals surface area contributed by atoms with Gasteiger partial charge < -0.3 is 0 Å². The highest BCUT2D eigenvalue weighted by Gasteiger charge is 2.17. The van der Waals surface area contributed by atoms with Crippen molar-refractivity contribution in [1.29, 1.82) is 10.5 Å². The van der Waals surface area contributed by atoms with Gasteiger partial charge in [-0.25, -0.2) is 0 Å². The van der Waals surface area contributed by atoms with E-state index in [1.807, 2.05) is 0 Å². The van der Waals surface area contributed by atoms with Gasteiger partial charge in [-0.05, 0) is 258 Å². The fourth-order valence-corrected chi connectivity index (χ4v) is 12.9. The molecule has 0 atom stereocenters. The van der Waals surface area contributed by atoms with Crippen molar-refractivity contribution in [3.63, 3.8) is 0 Å². The Balaban J connectivity index is 1.69. The molecule has 0 radical (unpaired) electrons. The average molecular weight is 1380 g/mol. The molecule has 0 spiro atoms. The van der Waals surface area contributed by atoms with Gasteiger partial charge in [0.25, 0.3) is 0 Å². The van der Waals surface area contributed by atoms with Crippen molar-refractivity contribution in [2.24, 2.45) is 0 Å². The van der Waals surface area contributed by atoms with Crippen LogP contribution in [0.5, 0.6) is 0 Å². The van der Waals surface area contributed by atoms with Crippen LogP contribution in [0.2, 0.25) is 0 Å². The monoisotopic (exact) mass is 1380 g/mol. The molecule has 184 valence electrons. The standard InChI is InChI=1S/C27H10I8N2/c28-18-6-14(7-19(29)16(18)10-36)26-22(32)2-12(3-23(26)33)1-13-4-24(34)27(25(35)5-13)15-8-20(30)17(11-37)21(31)9-15/h2-9H,1H2. The molecule has 0 aliphatic rings. The lowest BCUT2D eigenvalue weighted by molar-refractivity contribution is 1.18. The minimum absolute atomic E-state index is 0.740. The minimum Gasteiger partial charge on any atom is -0.192 e. The highest BCUT2D eigenvalue weighted by atomic mass is 127. The van der Waals surface area contributed by atoms with E-state index in [-0.39, 0.29) is 0 Å². The van der Waals surface area contributed by atoms with Crippen molar-refractivity contribution in [3.8, 4) is 34.4 Å². The van der Waals surface area contributed by atoms with Crippen LogP contribution >= 0.6 is 181 Å². The number of nitriles is 2. The van der Waals surface area contributed by atoms with E-state index in [0.29, 0.717) is 0 Å². The molecular formula is C27H10I8N2. The summed E-state index contributed by atoms with van der Waals surface area (Å²) in [5.74, 6) is 0. The molecular weight excluding hydrogens is 1370 g/mol. The molecule has 0 aliphatic heterocycles. The van der Waals surface area contributed by atoms with Crippen LogP contribution in [0.4, 0.5) is 0 Å². The number of benzene rings is 4. The lowest BCUT2D eigenvalue weighted by Crippen LogP contribution is -1.99. The number of rotatable bonds is 4. The Hall–Kier alpha value is 1.70. The first-order valence-electron chi connectivity index (χ1n) is 10.3. The van der Waals surface area contributed by atoms with E-state index in [9.17, 15) is 10.5 Å². The highest BCUT2D eigenvalue weighted by molar-refractivity contribution is 14.1. The van der Waals surface area contributed by atoms with Gasteiger partial charge in [0, 0.05) is 39.7 Å². The second kappa shape index (κ2) is 13.8. The molecule has 0 heterocycles. The topological polar surface area (TPSA) is 47.6 Å². The normalized spacial score (nSPS) is 10.8. The summed E-state index contributed by atoms with van der Waals surface area (Å²) in [6.07, 6.45) is 0.851. The van der Waals surface area contributed by atoms with Crippen molar-refractivity contribution in [2.45, 2.75) is 6.42 Å². The zero-order valence-electron chi connectivity index (χ0n) is 18.2. The summed E-state index contributed by atoms with van der Waals surface area (Å²) in [6.45, 7) is 0. The second-order valence-electron chi connectivity index (χ2n) is 7.90. The molecule has 10 heteroatoms. The van der Waals surface area contributed by atoms with Crippen molar-refractivity contribution < 1.29 is 0 Å². The molecule has 0 bridgehead atoms. The van der Waals surface area contributed by atoms with Gasteiger partial charge in [0.05, 0.1) is 11.1 Å². The number of hydrogen-bond donors (Lipinski definition) is 0. The minimum atomic E-state index is 0.740. The Morgan fingerprint density at radius 2 is 0.703 bits per heavy atom. The Kier molecular flexibility index (Phi) is 11.8. The largest absolute Gasteiger partial charge is 0.192 e. The summed E-state index contributed by atoms with van der Waals surface area (Å²) in [5, 5.41) is 18.9. The van der Waals surface area contributed by atoms with Crippen LogP contribution in [0, 0.1) is 51.2 Å². The predicted octanol–water partition coefficient (Wildman–Crippen LogP) is 11.2. The zero-order valence-corrected chi connectivity index (χ0v) is 35.5. The third kappa shape index (κ3) is 7.20. The van der Waals surface area contributed by atoms with Crippen molar-refractivity contribution in [2.75, 3.05) is 0 Å². The average Bonchev–Trinajstić information content (AvgIpc) is 2.78. The Labute approximate surface area is 325 Å². The SMILES string of the molecule is N#Cc1c(I)cc(-c2c(I)cc(Cc3cc(I)c(-c4cc(I)c(C#N)c(I)c4)c(I)c3)cc2I)cc1I. The van der Waals surface area contributed by atoms with E-state index < -0.39 is 0 Å². The van der Waals surface area contributed by atoms with E-state index in [0.717, 1.165) is 43.0 Å². The van der Waals surface area contributed by atoms with Gasteiger partial charge in [-0.2, -0.15) is 10.5 Å². The van der Waals surface area contributed by atoms with Crippen LogP contribution in [0.1, 0.15) is 22.3 Å². The van der Waals surface area contributed by atoms with Crippen LogP contribution in [0.15, 0.2) is 48.5 Å². The van der Waals surface area contributed by atoms with Gasteiger partial charge in [-0.15, -0.1) is 0 Å². The summed E-state index contributed by atoms with van der Waals surface area (Å²) >= 11 is 18.8. The van der Waals surface area contributed by atoms with Gasteiger partial charge in [-0.3, -0.25) is 0 Å². The molecule has 37 heavy (non-hydrogen) atoms. The van der Waals surface area contributed by atoms with Crippen LogP contribution in [0.3, 0.4) is 0 Å². The molecule has 0 unspecified atom stereocenters. The van der Waals surface area contributed by atoms with Gasteiger partial charge >= 0.3 is 0 Å². The molecule has 0 fully saturated rings. The van der Waals surface area contributed by atoms with Gasteiger partial charge in [0.1, 0.15) is 12.1 Å². The summed E-state index contributed by atoms with van der Waals surface area (Å²) in [5.41, 5.74) is 8.76. The lowest BCUT2D eigenvalue weighted by Gasteiger charge is -2.15. The molecule has 0 amide bonds. The maximum Gasteiger partial charge on any atom is 0.101 e. The van der Waals surface area contributed by atoms with E-state index in [1.165, 1.54) is 36.5 Å². The quantitative estimate of drug-likeness (QED) is 0.191. The van der Waals surface area contributed by atoms with Crippen molar-refractivity contribution >= 4 is 181 Å². The van der Waals surface area contributed by atoms with Crippen molar-refractivity contribution in [1.82, 2.24) is 0 Å². The molecule has 0 aromatic heterocycles. The van der Waals surface area contributed by atoms with E-state index in [4.69, 9.17) is 0 Å². The smallest absolute Gasteiger partial charge is 0.101 e. The zero-order chi connectivity index (χ0) is 27.0. The second-order valence-corrected chi connectivity index (χ2v) is 17.2. The first kappa shape index (κ1) is 31.6. The third-order valence-corrected chi connectivity index (χ3v) is 12.3. The predicted molar refractivity (Wildman–Crippen MR) is 218 cm³/mol. The summed E-state index contributed by atoms with van der Waals surface area (Å²) in [6, 6.07) is 22.1. The van der Waals surface area contributed by atoms with Gasteiger partial charge in [0.2, 0.25) is 0 Å². The molecule has 0 saturated heterocycles. The number of hydrogen-bond acceptors (Lipinski definition) is 2. The van der Waals surface area contributed by atoms with Crippen LogP contribution in [0.25, 0.3) is 22.3 Å². The Morgan fingerprint density at radius 1 is 0.432 bits per heavy atom. The fraction of sp³-hybridized carbons (Fsp3) is 0.0370. The maximum atomic E-state index is 9.44. The summed E-state index contributed by atoms with van der Waals surface area (Å²) < 4.78 is 8.75. The highest BCUT2D eigenvalue weighted by Crippen LogP contribution is 2.37. The molecule has 4 aromatic rings. The first-order valence-corrected chi connectivity index (χ1v) is 18.9. The van der Waals surface area contributed by atoms with Gasteiger partial charge in [0.15, 0.2) is 0 Å². The van der Waals surface area contributed by atoms with Crippen LogP contribution < -0.4 is 0 Å². The maximum absolute atomic E-state index is 9.44. The fourth-order valence-electron chi connectivity index (χ4n) is 3.89. The number of halogens is 8. The van der Waals surface area contributed by atoms with E-state index in [1.54, 1.807) is 0 Å². The molecule has 0 N–H and O–H groups in total. The Morgan fingerprint density at radius 3 is 0.946 bits per heavy atom. The Bertz CT molecular complexity index is 1450.